The van der Waals surface area contributed by atoms with E-state index in [9.17, 15) is 0 Å². The van der Waals surface area contributed by atoms with E-state index in [0.717, 1.165) is 11.1 Å². The summed E-state index contributed by atoms with van der Waals surface area (Å²) >= 11 is 3.45. The van der Waals surface area contributed by atoms with Crippen LogP contribution in [0, 0.1) is 0 Å². The molecule has 0 unspecified atom stereocenters. The van der Waals surface area contributed by atoms with Crippen LogP contribution in [0.5, 0.6) is 0 Å². The molecule has 1 aliphatic heterocycles. The van der Waals surface area contributed by atoms with Gasteiger partial charge in [-0.15, -0.1) is 0 Å². The third-order valence-electron chi connectivity index (χ3n) is 3.16. The molecule has 2 aliphatic rings. The van der Waals surface area contributed by atoms with Gasteiger partial charge in [-0.3, -0.25) is 0 Å². The number of halogens is 1. The Morgan fingerprint density at radius 3 is 2.31 bits per heavy atom. The Balaban J connectivity index is 1.95. The highest BCUT2D eigenvalue weighted by atomic mass is 79.9. The Kier molecular flexibility index (Phi) is 1.59. The second-order valence-corrected chi connectivity index (χ2v) is 4.90. The molecule has 1 aromatic rings. The van der Waals surface area contributed by atoms with Gasteiger partial charge in [0.25, 0.3) is 0 Å². The minimum atomic E-state index is 0.403. The maximum Gasteiger partial charge on any atom is 0.0906 e. The molecule has 68 valence electrons. The van der Waals surface area contributed by atoms with Gasteiger partial charge in [-0.05, 0) is 30.5 Å². The lowest BCUT2D eigenvalue weighted by molar-refractivity contribution is 0.364. The van der Waals surface area contributed by atoms with Gasteiger partial charge < -0.3 is 4.74 Å². The van der Waals surface area contributed by atoms with E-state index in [0.29, 0.717) is 11.5 Å². The highest BCUT2D eigenvalue weighted by Crippen LogP contribution is 2.55. The molecule has 0 N–H and O–H groups in total. The smallest absolute Gasteiger partial charge is 0.0906 e. The second-order valence-electron chi connectivity index (χ2n) is 3.99. The molecule has 0 amide bonds. The predicted molar refractivity (Wildman–Crippen MR) is 54.8 cm³/mol. The number of ether oxygens (including phenoxy) is 1. The Bertz CT molecular complexity index is 322. The second kappa shape index (κ2) is 2.58. The Labute approximate surface area is 86.2 Å². The van der Waals surface area contributed by atoms with Crippen LogP contribution < -0.4 is 0 Å². The van der Waals surface area contributed by atoms with Crippen molar-refractivity contribution in [2.45, 2.75) is 24.4 Å². The van der Waals surface area contributed by atoms with Gasteiger partial charge in [0.15, 0.2) is 0 Å². The van der Waals surface area contributed by atoms with E-state index < -0.39 is 0 Å². The zero-order valence-corrected chi connectivity index (χ0v) is 8.88. The molecule has 1 saturated heterocycles. The molecule has 1 heterocycles. The molecule has 1 aliphatic carbocycles. The SMILES string of the molecule is Brc1ccc(C2([C@@H]3CO3)CC2)cc1. The quantitative estimate of drug-likeness (QED) is 0.723. The third-order valence-corrected chi connectivity index (χ3v) is 3.69. The molecule has 3 rings (SSSR count). The minimum Gasteiger partial charge on any atom is -0.372 e. The summed E-state index contributed by atoms with van der Waals surface area (Å²) in [5, 5.41) is 0. The van der Waals surface area contributed by atoms with Gasteiger partial charge in [0.05, 0.1) is 12.7 Å². The van der Waals surface area contributed by atoms with Crippen LogP contribution in [0.1, 0.15) is 18.4 Å². The average molecular weight is 239 g/mol. The molecule has 2 fully saturated rings. The number of rotatable bonds is 2. The predicted octanol–water partition coefficient (Wildman–Crippen LogP) is 2.88. The first-order valence-electron chi connectivity index (χ1n) is 4.69. The highest BCUT2D eigenvalue weighted by Gasteiger charge is 2.56. The Morgan fingerprint density at radius 1 is 1.23 bits per heavy atom. The molecule has 0 radical (unpaired) electrons. The van der Waals surface area contributed by atoms with Gasteiger partial charge in [-0.25, -0.2) is 0 Å². The summed E-state index contributed by atoms with van der Waals surface area (Å²) in [6.45, 7) is 0.968. The summed E-state index contributed by atoms with van der Waals surface area (Å²) in [4.78, 5) is 0. The monoisotopic (exact) mass is 238 g/mol. The summed E-state index contributed by atoms with van der Waals surface area (Å²) in [7, 11) is 0. The largest absolute Gasteiger partial charge is 0.372 e. The summed E-state index contributed by atoms with van der Waals surface area (Å²) < 4.78 is 6.56. The molecular weight excluding hydrogens is 228 g/mol. The van der Waals surface area contributed by atoms with E-state index in [2.05, 4.69) is 40.2 Å². The number of epoxide rings is 1. The first-order chi connectivity index (χ1) is 6.31. The van der Waals surface area contributed by atoms with Crippen molar-refractivity contribution in [1.82, 2.24) is 0 Å². The van der Waals surface area contributed by atoms with Gasteiger partial charge >= 0.3 is 0 Å². The molecule has 2 heteroatoms. The topological polar surface area (TPSA) is 12.5 Å². The fourth-order valence-electron chi connectivity index (χ4n) is 2.08. The van der Waals surface area contributed by atoms with E-state index in [1.807, 2.05) is 0 Å². The van der Waals surface area contributed by atoms with E-state index in [-0.39, 0.29) is 0 Å². The highest BCUT2D eigenvalue weighted by molar-refractivity contribution is 9.10. The van der Waals surface area contributed by atoms with Crippen molar-refractivity contribution in [2.24, 2.45) is 0 Å². The van der Waals surface area contributed by atoms with Crippen molar-refractivity contribution in [3.05, 3.63) is 34.3 Å². The van der Waals surface area contributed by atoms with Crippen molar-refractivity contribution >= 4 is 15.9 Å². The van der Waals surface area contributed by atoms with Crippen LogP contribution in [0.15, 0.2) is 28.7 Å². The summed E-state index contributed by atoms with van der Waals surface area (Å²) in [6, 6.07) is 8.69. The van der Waals surface area contributed by atoms with Gasteiger partial charge in [0, 0.05) is 9.89 Å². The van der Waals surface area contributed by atoms with Crippen molar-refractivity contribution in [1.29, 1.82) is 0 Å². The standard InChI is InChI=1S/C11H11BrO/c12-9-3-1-8(2-4-9)11(5-6-11)10-7-13-10/h1-4,10H,5-7H2/t10-/m0/s1. The van der Waals surface area contributed by atoms with Crippen LogP contribution >= 0.6 is 15.9 Å². The van der Waals surface area contributed by atoms with Crippen LogP contribution in [0.3, 0.4) is 0 Å². The van der Waals surface area contributed by atoms with Crippen LogP contribution in [-0.2, 0) is 10.2 Å². The van der Waals surface area contributed by atoms with Crippen molar-refractivity contribution in [3.63, 3.8) is 0 Å². The summed E-state index contributed by atoms with van der Waals surface area (Å²) in [5.41, 5.74) is 1.86. The van der Waals surface area contributed by atoms with Crippen LogP contribution in [0.25, 0.3) is 0 Å². The van der Waals surface area contributed by atoms with Gasteiger partial charge in [0.2, 0.25) is 0 Å². The van der Waals surface area contributed by atoms with Crippen LogP contribution in [0.4, 0.5) is 0 Å². The number of hydrogen-bond acceptors (Lipinski definition) is 1. The Hall–Kier alpha value is -0.340. The van der Waals surface area contributed by atoms with Crippen LogP contribution in [-0.4, -0.2) is 12.7 Å². The van der Waals surface area contributed by atoms with E-state index in [1.54, 1.807) is 0 Å². The van der Waals surface area contributed by atoms with E-state index in [4.69, 9.17) is 4.74 Å². The lowest BCUT2D eigenvalue weighted by atomic mass is 9.93. The molecule has 1 aromatic carbocycles. The summed E-state index contributed by atoms with van der Waals surface area (Å²) in [5.74, 6) is 0. The molecule has 1 saturated carbocycles. The normalized spacial score (nSPS) is 28.5. The number of hydrogen-bond donors (Lipinski definition) is 0. The first kappa shape index (κ1) is 8.01. The minimum absolute atomic E-state index is 0.403. The van der Waals surface area contributed by atoms with Gasteiger partial charge in [-0.1, -0.05) is 28.1 Å². The zero-order valence-electron chi connectivity index (χ0n) is 7.29. The fraction of sp³-hybridized carbons (Fsp3) is 0.455. The van der Waals surface area contributed by atoms with Gasteiger partial charge in [-0.2, -0.15) is 0 Å². The molecule has 1 atom stereocenters. The number of benzene rings is 1. The molecule has 0 spiro atoms. The maximum atomic E-state index is 5.41. The van der Waals surface area contributed by atoms with E-state index >= 15 is 0 Å². The molecular formula is C11H11BrO. The van der Waals surface area contributed by atoms with E-state index in [1.165, 1.54) is 18.4 Å². The Morgan fingerprint density at radius 2 is 1.85 bits per heavy atom. The molecule has 0 aromatic heterocycles. The lowest BCUT2D eigenvalue weighted by Gasteiger charge is -2.11. The van der Waals surface area contributed by atoms with Crippen LogP contribution in [0.2, 0.25) is 0 Å². The first-order valence-corrected chi connectivity index (χ1v) is 5.48. The maximum absolute atomic E-state index is 5.41. The summed E-state index contributed by atoms with van der Waals surface area (Å²) in [6.07, 6.45) is 3.13. The molecule has 1 nitrogen and oxygen atoms in total. The third kappa shape index (κ3) is 1.24. The lowest BCUT2D eigenvalue weighted by Crippen LogP contribution is -2.14. The average Bonchev–Trinajstić information content (AvgIpc) is 3.00. The molecule has 13 heavy (non-hydrogen) atoms. The van der Waals surface area contributed by atoms with Gasteiger partial charge in [0.1, 0.15) is 0 Å². The van der Waals surface area contributed by atoms with Crippen molar-refractivity contribution in [3.8, 4) is 0 Å². The fourth-order valence-corrected chi connectivity index (χ4v) is 2.34. The van der Waals surface area contributed by atoms with Crippen molar-refractivity contribution in [2.75, 3.05) is 6.61 Å². The van der Waals surface area contributed by atoms with Crippen molar-refractivity contribution < 1.29 is 4.74 Å². The zero-order chi connectivity index (χ0) is 8.89. The molecule has 0 bridgehead atoms.